The van der Waals surface area contributed by atoms with Crippen LogP contribution in [-0.2, 0) is 0 Å². The van der Waals surface area contributed by atoms with Crippen molar-refractivity contribution < 1.29 is 13.6 Å². The molecule has 0 saturated heterocycles. The quantitative estimate of drug-likeness (QED) is 0.520. The van der Waals surface area contributed by atoms with Crippen molar-refractivity contribution in [3.05, 3.63) is 88.7 Å². The van der Waals surface area contributed by atoms with Gasteiger partial charge in [-0.15, -0.1) is 5.10 Å². The number of halogens is 2. The van der Waals surface area contributed by atoms with Crippen molar-refractivity contribution in [1.29, 1.82) is 0 Å². The fourth-order valence-electron chi connectivity index (χ4n) is 2.74. The average Bonchev–Trinajstić information content (AvgIpc) is 3.22. The fraction of sp³-hybridized carbons (Fsp3) is 0.143. The van der Waals surface area contributed by atoms with E-state index in [0.717, 1.165) is 29.6 Å². The molecule has 2 aromatic heterocycles. The minimum Gasteiger partial charge on any atom is -0.401 e. The highest BCUT2D eigenvalue weighted by molar-refractivity contribution is 5.92. The van der Waals surface area contributed by atoms with Gasteiger partial charge in [-0.05, 0) is 56.3 Å². The number of hydrogen-bond donors (Lipinski definition) is 3. The van der Waals surface area contributed by atoms with Gasteiger partial charge in [0.1, 0.15) is 11.6 Å². The molecule has 0 radical (unpaired) electrons. The Morgan fingerprint density at radius 3 is 2.68 bits per heavy atom. The summed E-state index contributed by atoms with van der Waals surface area (Å²) in [6.07, 6.45) is 4.22. The second-order valence-corrected chi connectivity index (χ2v) is 6.78. The van der Waals surface area contributed by atoms with Gasteiger partial charge in [-0.25, -0.2) is 13.5 Å². The maximum absolute atomic E-state index is 13.7. The van der Waals surface area contributed by atoms with Crippen LogP contribution in [0.5, 0.6) is 0 Å². The Bertz CT molecular complexity index is 1180. The molecule has 0 atom stereocenters. The van der Waals surface area contributed by atoms with Crippen LogP contribution >= 0.6 is 0 Å². The van der Waals surface area contributed by atoms with E-state index in [-0.39, 0.29) is 29.2 Å². The molecule has 8 nitrogen and oxygen atoms in total. The van der Waals surface area contributed by atoms with E-state index in [9.17, 15) is 13.6 Å². The summed E-state index contributed by atoms with van der Waals surface area (Å²) in [7, 11) is 0. The first-order valence-electron chi connectivity index (χ1n) is 9.27. The first-order chi connectivity index (χ1) is 14.7. The van der Waals surface area contributed by atoms with Crippen LogP contribution in [0.3, 0.4) is 0 Å². The van der Waals surface area contributed by atoms with Crippen LogP contribution in [0, 0.1) is 25.5 Å². The van der Waals surface area contributed by atoms with Crippen LogP contribution in [0.15, 0.2) is 54.4 Å². The maximum atomic E-state index is 13.7. The van der Waals surface area contributed by atoms with Crippen LogP contribution in [0.25, 0.3) is 11.4 Å². The van der Waals surface area contributed by atoms with E-state index in [1.807, 2.05) is 26.0 Å². The van der Waals surface area contributed by atoms with Gasteiger partial charge in [0.25, 0.3) is 5.91 Å². The van der Waals surface area contributed by atoms with Gasteiger partial charge in [0.2, 0.25) is 0 Å². The zero-order valence-electron chi connectivity index (χ0n) is 16.9. The number of aryl methyl sites for hydroxylation is 2. The highest BCUT2D eigenvalue weighted by Crippen LogP contribution is 2.16. The summed E-state index contributed by atoms with van der Waals surface area (Å²) < 4.78 is 28.5. The second kappa shape index (κ2) is 9.16. The summed E-state index contributed by atoms with van der Waals surface area (Å²) in [5, 5.41) is 10.4. The molecule has 0 saturated carbocycles. The Hall–Kier alpha value is -4.08. The van der Waals surface area contributed by atoms with Crippen molar-refractivity contribution in [2.24, 2.45) is 11.5 Å². The molecule has 1 amide bonds. The maximum Gasteiger partial charge on any atom is 0.273 e. The molecule has 3 rings (SSSR count). The number of allylic oxidation sites excluding steroid dienone is 2. The van der Waals surface area contributed by atoms with E-state index < -0.39 is 17.5 Å². The first-order valence-corrected chi connectivity index (χ1v) is 9.27. The second-order valence-electron chi connectivity index (χ2n) is 6.78. The Balaban J connectivity index is 1.64. The number of nitrogens with one attached hydrogen (secondary N) is 1. The summed E-state index contributed by atoms with van der Waals surface area (Å²) in [5.74, 6) is -1.74. The minimum absolute atomic E-state index is 0.00343. The first kappa shape index (κ1) is 21.6. The lowest BCUT2D eigenvalue weighted by Crippen LogP contribution is -2.28. The monoisotopic (exact) mass is 425 g/mol. The van der Waals surface area contributed by atoms with Crippen LogP contribution < -0.4 is 16.8 Å². The van der Waals surface area contributed by atoms with E-state index in [4.69, 9.17) is 11.5 Å². The number of carbonyl (C=O) groups excluding carboxylic acids is 1. The topological polar surface area (TPSA) is 125 Å². The lowest BCUT2D eigenvalue weighted by Gasteiger charge is -2.05. The van der Waals surface area contributed by atoms with E-state index in [1.165, 1.54) is 23.0 Å². The molecule has 0 spiro atoms. The number of nitrogens with zero attached hydrogens (tertiary/aromatic N) is 4. The van der Waals surface area contributed by atoms with Gasteiger partial charge in [-0.2, -0.15) is 0 Å². The SMILES string of the molecule is Cc1ccc(-n2cc(C(=O)NC/C(N)=C/C=C(\N)c3cc(F)ccc3F)nn2)c(C)n1. The standard InChI is InChI=1S/C21H21F2N7O/c1-12-3-8-20(13(2)27-12)30-11-19(28-29-30)21(31)26-10-15(24)5-7-18(25)16-9-14(22)4-6-17(16)23/h3-9,11H,10,24-25H2,1-2H3,(H,26,31)/b15-5-,18-7-. The molecule has 1 aromatic carbocycles. The molecule has 0 aliphatic carbocycles. The van der Waals surface area contributed by atoms with Crippen LogP contribution in [0.2, 0.25) is 0 Å². The van der Waals surface area contributed by atoms with Crippen molar-refractivity contribution in [3.63, 3.8) is 0 Å². The molecule has 0 bridgehead atoms. The zero-order valence-corrected chi connectivity index (χ0v) is 16.9. The van der Waals surface area contributed by atoms with Crippen LogP contribution in [-0.4, -0.2) is 32.4 Å². The normalized spacial score (nSPS) is 12.1. The van der Waals surface area contributed by atoms with Crippen LogP contribution in [0.4, 0.5) is 8.78 Å². The zero-order chi connectivity index (χ0) is 22.5. The number of carbonyl (C=O) groups is 1. The highest BCUT2D eigenvalue weighted by Gasteiger charge is 2.13. The summed E-state index contributed by atoms with van der Waals surface area (Å²) in [4.78, 5) is 16.7. The Morgan fingerprint density at radius 1 is 1.16 bits per heavy atom. The van der Waals surface area contributed by atoms with Crippen molar-refractivity contribution in [2.75, 3.05) is 6.54 Å². The third kappa shape index (κ3) is 5.30. The number of benzene rings is 1. The minimum atomic E-state index is -0.655. The highest BCUT2D eigenvalue weighted by atomic mass is 19.1. The largest absolute Gasteiger partial charge is 0.401 e. The summed E-state index contributed by atoms with van der Waals surface area (Å²) in [5.41, 5.74) is 14.2. The molecule has 0 unspecified atom stereocenters. The smallest absolute Gasteiger partial charge is 0.273 e. The molecule has 0 fully saturated rings. The van der Waals surface area contributed by atoms with Crippen molar-refractivity contribution in [2.45, 2.75) is 13.8 Å². The van der Waals surface area contributed by atoms with Gasteiger partial charge >= 0.3 is 0 Å². The molecule has 5 N–H and O–H groups in total. The molecule has 2 heterocycles. The van der Waals surface area contributed by atoms with E-state index in [0.29, 0.717) is 5.69 Å². The molecular formula is C21H21F2N7O. The Kier molecular flexibility index (Phi) is 6.39. The lowest BCUT2D eigenvalue weighted by molar-refractivity contribution is 0.0952. The Morgan fingerprint density at radius 2 is 1.94 bits per heavy atom. The van der Waals surface area contributed by atoms with Crippen molar-refractivity contribution >= 4 is 11.6 Å². The van der Waals surface area contributed by atoms with Gasteiger partial charge in [-0.3, -0.25) is 9.78 Å². The number of pyridine rings is 1. The molecule has 0 aliphatic rings. The summed E-state index contributed by atoms with van der Waals surface area (Å²) >= 11 is 0. The predicted octanol–water partition coefficient (Wildman–Crippen LogP) is 2.13. The molecule has 160 valence electrons. The number of rotatable bonds is 6. The number of amides is 1. The third-order valence-corrected chi connectivity index (χ3v) is 4.34. The van der Waals surface area contributed by atoms with Crippen molar-refractivity contribution in [3.8, 4) is 5.69 Å². The van der Waals surface area contributed by atoms with Gasteiger partial charge in [0.15, 0.2) is 5.69 Å². The van der Waals surface area contributed by atoms with E-state index in [1.54, 1.807) is 0 Å². The van der Waals surface area contributed by atoms with Crippen molar-refractivity contribution in [1.82, 2.24) is 25.3 Å². The fourth-order valence-corrected chi connectivity index (χ4v) is 2.74. The van der Waals surface area contributed by atoms with Gasteiger partial charge in [-0.1, -0.05) is 5.21 Å². The average molecular weight is 425 g/mol. The summed E-state index contributed by atoms with van der Waals surface area (Å²) in [6.45, 7) is 3.71. The lowest BCUT2D eigenvalue weighted by atomic mass is 10.1. The van der Waals surface area contributed by atoms with Gasteiger partial charge in [0.05, 0.1) is 24.1 Å². The van der Waals surface area contributed by atoms with Crippen LogP contribution in [0.1, 0.15) is 27.4 Å². The molecule has 3 aromatic rings. The number of aromatic nitrogens is 4. The van der Waals surface area contributed by atoms with Gasteiger partial charge in [0, 0.05) is 22.7 Å². The molecule has 0 aliphatic heterocycles. The molecule has 10 heteroatoms. The predicted molar refractivity (Wildman–Crippen MR) is 112 cm³/mol. The number of nitrogens with two attached hydrogens (primary N) is 2. The van der Waals surface area contributed by atoms with Gasteiger partial charge < -0.3 is 16.8 Å². The van der Waals surface area contributed by atoms with E-state index in [2.05, 4.69) is 20.6 Å². The number of hydrogen-bond acceptors (Lipinski definition) is 6. The third-order valence-electron chi connectivity index (χ3n) is 4.34. The Labute approximate surface area is 177 Å². The summed E-state index contributed by atoms with van der Waals surface area (Å²) in [6, 6.07) is 6.65. The molecule has 31 heavy (non-hydrogen) atoms. The van der Waals surface area contributed by atoms with E-state index >= 15 is 0 Å². The molecular weight excluding hydrogens is 404 g/mol.